The second-order valence-corrected chi connectivity index (χ2v) is 3.52. The van der Waals surface area contributed by atoms with Crippen LogP contribution in [0.4, 0.5) is 0 Å². The molecule has 0 aromatic heterocycles. The Morgan fingerprint density at radius 1 is 1.00 bits per heavy atom. The van der Waals surface area contributed by atoms with E-state index < -0.39 is 0 Å². The summed E-state index contributed by atoms with van der Waals surface area (Å²) in [5.41, 5.74) is 0.923. The van der Waals surface area contributed by atoms with Gasteiger partial charge in [-0.3, -0.25) is 0 Å². The van der Waals surface area contributed by atoms with Gasteiger partial charge in [-0.15, -0.1) is 0 Å². The molecule has 2 aromatic rings. The van der Waals surface area contributed by atoms with E-state index in [-0.39, 0.29) is 12.4 Å². The number of fused-ring (bicyclic) bond motifs is 1. The molecule has 2 N–H and O–H groups in total. The van der Waals surface area contributed by atoms with Crippen LogP contribution in [0.3, 0.4) is 0 Å². The monoisotopic (exact) mass is 212 g/mol. The number of hydrogen-bond donors (Lipinski definition) is 2. The van der Waals surface area contributed by atoms with E-state index in [0.29, 0.717) is 6.42 Å². The lowest BCUT2D eigenvalue weighted by atomic mass is 10.1. The Kier molecular flexibility index (Phi) is 3.09. The minimum Gasteiger partial charge on any atom is -0.508 e. The molecule has 0 fully saturated rings. The zero-order valence-corrected chi connectivity index (χ0v) is 8.77. The van der Waals surface area contributed by atoms with Crippen molar-refractivity contribution in [3.63, 3.8) is 0 Å². The zero-order valence-electron chi connectivity index (χ0n) is 8.77. The van der Waals surface area contributed by atoms with Crippen LogP contribution >= 0.6 is 0 Å². The molecule has 0 amide bonds. The third kappa shape index (κ3) is 2.33. The van der Waals surface area contributed by atoms with Crippen LogP contribution in [0.25, 0.3) is 10.8 Å². The van der Waals surface area contributed by atoms with Crippen molar-refractivity contribution in [2.75, 3.05) is 6.61 Å². The van der Waals surface area contributed by atoms with Crippen LogP contribution in [0.2, 0.25) is 0 Å². The smallest absolute Gasteiger partial charge is 0.116 e. The number of aromatic hydroxyl groups is 1. The van der Waals surface area contributed by atoms with E-state index in [1.807, 2.05) is 24.3 Å². The van der Waals surface area contributed by atoms with Gasteiger partial charge in [-0.1, -0.05) is 24.0 Å². The van der Waals surface area contributed by atoms with Crippen molar-refractivity contribution in [1.82, 2.24) is 0 Å². The highest BCUT2D eigenvalue weighted by atomic mass is 16.3. The lowest BCUT2D eigenvalue weighted by Crippen LogP contribution is -1.79. The molecule has 80 valence electrons. The van der Waals surface area contributed by atoms with Crippen LogP contribution in [0.5, 0.6) is 5.75 Å². The molecular weight excluding hydrogens is 200 g/mol. The molecule has 0 saturated carbocycles. The van der Waals surface area contributed by atoms with Crippen molar-refractivity contribution >= 4 is 10.8 Å². The van der Waals surface area contributed by atoms with Crippen LogP contribution in [0.15, 0.2) is 36.4 Å². The van der Waals surface area contributed by atoms with Crippen LogP contribution in [-0.4, -0.2) is 16.8 Å². The van der Waals surface area contributed by atoms with Crippen molar-refractivity contribution in [3.05, 3.63) is 42.0 Å². The van der Waals surface area contributed by atoms with Crippen molar-refractivity contribution in [2.24, 2.45) is 0 Å². The van der Waals surface area contributed by atoms with Gasteiger partial charge in [-0.05, 0) is 35.0 Å². The van der Waals surface area contributed by atoms with E-state index in [2.05, 4.69) is 11.8 Å². The highest BCUT2D eigenvalue weighted by molar-refractivity contribution is 5.85. The summed E-state index contributed by atoms with van der Waals surface area (Å²) in [5.74, 6) is 6.13. The first kappa shape index (κ1) is 10.5. The first-order valence-electron chi connectivity index (χ1n) is 5.12. The van der Waals surface area contributed by atoms with Gasteiger partial charge in [0.15, 0.2) is 0 Å². The summed E-state index contributed by atoms with van der Waals surface area (Å²) in [5, 5.41) is 20.0. The molecule has 0 bridgehead atoms. The van der Waals surface area contributed by atoms with Gasteiger partial charge in [-0.25, -0.2) is 0 Å². The predicted molar refractivity (Wildman–Crippen MR) is 64.2 cm³/mol. The van der Waals surface area contributed by atoms with Crippen molar-refractivity contribution in [2.45, 2.75) is 6.42 Å². The molecule has 0 saturated heterocycles. The third-order valence-electron chi connectivity index (χ3n) is 2.29. The van der Waals surface area contributed by atoms with E-state index in [1.54, 1.807) is 12.1 Å². The standard InChI is InChI=1S/C14H12O2/c15-8-2-1-3-11-4-5-13-10-14(16)7-6-12(13)9-11/h4-7,9-10,15-16H,2,8H2. The van der Waals surface area contributed by atoms with E-state index in [1.165, 1.54) is 0 Å². The van der Waals surface area contributed by atoms with Crippen LogP contribution in [-0.2, 0) is 0 Å². The molecule has 0 spiro atoms. The molecule has 2 heteroatoms. The van der Waals surface area contributed by atoms with Crippen molar-refractivity contribution in [3.8, 4) is 17.6 Å². The van der Waals surface area contributed by atoms with Gasteiger partial charge < -0.3 is 10.2 Å². The van der Waals surface area contributed by atoms with E-state index in [4.69, 9.17) is 5.11 Å². The molecule has 0 unspecified atom stereocenters. The number of rotatable bonds is 1. The Bertz CT molecular complexity index is 562. The average Bonchev–Trinajstić information content (AvgIpc) is 2.29. The number of aliphatic hydroxyl groups excluding tert-OH is 1. The Morgan fingerprint density at radius 3 is 2.56 bits per heavy atom. The summed E-state index contributed by atoms with van der Waals surface area (Å²) in [6.07, 6.45) is 0.494. The number of phenolic OH excluding ortho intramolecular Hbond substituents is 1. The minimum absolute atomic E-state index is 0.0917. The van der Waals surface area contributed by atoms with Crippen LogP contribution < -0.4 is 0 Å². The van der Waals surface area contributed by atoms with Crippen molar-refractivity contribution in [1.29, 1.82) is 0 Å². The van der Waals surface area contributed by atoms with Gasteiger partial charge in [0.1, 0.15) is 5.75 Å². The fraction of sp³-hybridized carbons (Fsp3) is 0.143. The van der Waals surface area contributed by atoms with E-state index >= 15 is 0 Å². The predicted octanol–water partition coefficient (Wildman–Crippen LogP) is 2.28. The number of aliphatic hydroxyl groups is 1. The molecule has 0 radical (unpaired) electrons. The fourth-order valence-corrected chi connectivity index (χ4v) is 1.53. The normalized spacial score (nSPS) is 9.81. The molecule has 0 heterocycles. The third-order valence-corrected chi connectivity index (χ3v) is 2.29. The Morgan fingerprint density at radius 2 is 1.75 bits per heavy atom. The second kappa shape index (κ2) is 4.69. The molecule has 0 atom stereocenters. The van der Waals surface area contributed by atoms with Gasteiger partial charge in [0.2, 0.25) is 0 Å². The van der Waals surface area contributed by atoms with Gasteiger partial charge >= 0.3 is 0 Å². The van der Waals surface area contributed by atoms with Crippen molar-refractivity contribution < 1.29 is 10.2 Å². The minimum atomic E-state index is 0.0917. The first-order valence-corrected chi connectivity index (χ1v) is 5.12. The molecule has 2 rings (SSSR count). The second-order valence-electron chi connectivity index (χ2n) is 3.52. The molecule has 16 heavy (non-hydrogen) atoms. The summed E-state index contributed by atoms with van der Waals surface area (Å²) in [4.78, 5) is 0. The lowest BCUT2D eigenvalue weighted by Gasteiger charge is -1.99. The summed E-state index contributed by atoms with van der Waals surface area (Å²) in [6.45, 7) is 0.0917. The largest absolute Gasteiger partial charge is 0.508 e. The van der Waals surface area contributed by atoms with Crippen LogP contribution in [0, 0.1) is 11.8 Å². The zero-order chi connectivity index (χ0) is 11.4. The maximum absolute atomic E-state index is 9.32. The maximum atomic E-state index is 9.32. The molecule has 0 aliphatic rings. The highest BCUT2D eigenvalue weighted by Crippen LogP contribution is 2.20. The number of hydrogen-bond acceptors (Lipinski definition) is 2. The maximum Gasteiger partial charge on any atom is 0.116 e. The lowest BCUT2D eigenvalue weighted by molar-refractivity contribution is 0.305. The highest BCUT2D eigenvalue weighted by Gasteiger charge is 1.95. The fourth-order valence-electron chi connectivity index (χ4n) is 1.53. The summed E-state index contributed by atoms with van der Waals surface area (Å²) in [6, 6.07) is 11.1. The summed E-state index contributed by atoms with van der Waals surface area (Å²) < 4.78 is 0. The number of benzene rings is 2. The Balaban J connectivity index is 2.38. The summed E-state index contributed by atoms with van der Waals surface area (Å²) >= 11 is 0. The van der Waals surface area contributed by atoms with E-state index in [9.17, 15) is 5.11 Å². The molecule has 2 nitrogen and oxygen atoms in total. The van der Waals surface area contributed by atoms with Gasteiger partial charge in [0.25, 0.3) is 0 Å². The SMILES string of the molecule is OCCC#Cc1ccc2cc(O)ccc2c1. The Labute approximate surface area is 94.2 Å². The quantitative estimate of drug-likeness (QED) is 0.712. The van der Waals surface area contributed by atoms with Crippen LogP contribution in [0.1, 0.15) is 12.0 Å². The Hall–Kier alpha value is -1.98. The average molecular weight is 212 g/mol. The first-order chi connectivity index (χ1) is 7.79. The van der Waals surface area contributed by atoms with Gasteiger partial charge in [0, 0.05) is 12.0 Å². The number of phenols is 1. The molecule has 2 aromatic carbocycles. The van der Waals surface area contributed by atoms with Gasteiger partial charge in [-0.2, -0.15) is 0 Å². The topological polar surface area (TPSA) is 40.5 Å². The summed E-state index contributed by atoms with van der Waals surface area (Å²) in [7, 11) is 0. The molecule has 0 aliphatic carbocycles. The van der Waals surface area contributed by atoms with Gasteiger partial charge in [0.05, 0.1) is 6.61 Å². The molecular formula is C14H12O2. The molecule has 0 aliphatic heterocycles. The van der Waals surface area contributed by atoms with E-state index in [0.717, 1.165) is 16.3 Å².